The van der Waals surface area contributed by atoms with Crippen LogP contribution in [-0.4, -0.2) is 70.7 Å². The van der Waals surface area contributed by atoms with Gasteiger partial charge < -0.3 is 10.0 Å². The number of hydroxylamine groups is 2. The molecule has 32 heavy (non-hydrogen) atoms. The molecular weight excluding hydrogens is 426 g/mol. The molecule has 0 radical (unpaired) electrons. The van der Waals surface area contributed by atoms with Gasteiger partial charge in [0.1, 0.15) is 12.7 Å². The van der Waals surface area contributed by atoms with E-state index in [1.54, 1.807) is 11.3 Å². The second-order valence-corrected chi connectivity index (χ2v) is 10.4. The first-order valence-corrected chi connectivity index (χ1v) is 12.4. The fourth-order valence-electron chi connectivity index (χ4n) is 4.67. The van der Waals surface area contributed by atoms with E-state index in [1.165, 1.54) is 15.6 Å². The van der Waals surface area contributed by atoms with Crippen LogP contribution in [-0.2, 0) is 30.6 Å². The molecule has 2 aromatic heterocycles. The number of anilines is 1. The van der Waals surface area contributed by atoms with Gasteiger partial charge in [-0.25, -0.2) is 5.06 Å². The van der Waals surface area contributed by atoms with Gasteiger partial charge in [0, 0.05) is 41.2 Å². The molecule has 1 fully saturated rings. The molecule has 0 saturated carbocycles. The number of hydrogen-bond donors (Lipinski definition) is 2. The van der Waals surface area contributed by atoms with Crippen LogP contribution in [0.25, 0.3) is 0 Å². The first kappa shape index (κ1) is 23.2. The number of β-amino-alcohol motifs (C(OH)–C–C–N with tert-alkyl or cyclic N) is 1. The lowest BCUT2D eigenvalue weighted by molar-refractivity contribution is -0.0780. The van der Waals surface area contributed by atoms with Gasteiger partial charge in [-0.1, -0.05) is 27.7 Å². The third-order valence-corrected chi connectivity index (χ3v) is 7.37. The topological polar surface area (TPSA) is 84.9 Å². The summed E-state index contributed by atoms with van der Waals surface area (Å²) >= 11 is 1.73. The smallest absolute Gasteiger partial charge is 0.279 e. The normalized spacial score (nSPS) is 19.3. The van der Waals surface area contributed by atoms with E-state index >= 15 is 0 Å². The maximum atomic E-state index is 13.7. The molecule has 0 bridgehead atoms. The second-order valence-electron chi connectivity index (χ2n) is 9.28. The highest BCUT2D eigenvalue weighted by Crippen LogP contribution is 2.42. The predicted octanol–water partition coefficient (Wildman–Crippen LogP) is 2.80. The lowest BCUT2D eigenvalue weighted by Crippen LogP contribution is -2.42. The summed E-state index contributed by atoms with van der Waals surface area (Å²) in [5, 5.41) is 20.2. The highest BCUT2D eigenvalue weighted by molar-refractivity contribution is 7.16. The highest BCUT2D eigenvalue weighted by Gasteiger charge is 2.36. The molecule has 0 aliphatic carbocycles. The largest absolute Gasteiger partial charge is 0.389 e. The van der Waals surface area contributed by atoms with Crippen molar-refractivity contribution in [1.82, 2.24) is 20.2 Å². The van der Waals surface area contributed by atoms with E-state index in [9.17, 15) is 9.90 Å². The number of fused-ring (bicyclic) bond motifs is 1. The number of aryl methyl sites for hydroxylation is 2. The summed E-state index contributed by atoms with van der Waals surface area (Å²) in [6.45, 7) is 11.6. The Balaban J connectivity index is 1.80. The van der Waals surface area contributed by atoms with E-state index in [0.717, 1.165) is 60.0 Å². The number of nitrogens with one attached hydrogen (secondary N) is 1. The van der Waals surface area contributed by atoms with E-state index < -0.39 is 6.10 Å². The van der Waals surface area contributed by atoms with E-state index in [4.69, 9.17) is 4.84 Å². The number of H-pyrrole nitrogens is 1. The number of carbonyl (C=O) groups excluding carboxylic acids is 1. The number of aromatic nitrogens is 2. The lowest BCUT2D eigenvalue weighted by Gasteiger charge is -2.36. The summed E-state index contributed by atoms with van der Waals surface area (Å²) in [5.41, 5.74) is 5.22. The van der Waals surface area contributed by atoms with Gasteiger partial charge in [0.05, 0.1) is 29.5 Å². The van der Waals surface area contributed by atoms with E-state index in [1.807, 2.05) is 0 Å². The van der Waals surface area contributed by atoms with Gasteiger partial charge in [-0.2, -0.15) is 5.10 Å². The van der Waals surface area contributed by atoms with Gasteiger partial charge >= 0.3 is 0 Å². The second kappa shape index (κ2) is 9.51. The first-order valence-electron chi connectivity index (χ1n) is 11.6. The fourth-order valence-corrected chi connectivity index (χ4v) is 5.99. The zero-order valence-electron chi connectivity index (χ0n) is 19.8. The summed E-state index contributed by atoms with van der Waals surface area (Å²) in [6, 6.07) is 0. The maximum Gasteiger partial charge on any atom is 0.279 e. The van der Waals surface area contributed by atoms with Crippen molar-refractivity contribution in [1.29, 1.82) is 0 Å². The van der Waals surface area contributed by atoms with Crippen molar-refractivity contribution in [2.24, 2.45) is 5.92 Å². The number of nitrogens with zero attached hydrogens (tertiary/aromatic N) is 4. The number of carbonyl (C=O) groups is 1. The predicted molar refractivity (Wildman–Crippen MR) is 126 cm³/mol. The standard InChI is InChI=1S/C23H35N5O3S/c1-6-18-16(19(7-2)25-24-18)8-20-21(22(30)28-10-15(29)12-31-28)17-11-26(5)13-27(9-14(3)4)23(17)32-20/h14-15,29H,6-13H2,1-5H3,(H,24,25)/t15-/m0/s1. The van der Waals surface area contributed by atoms with Crippen molar-refractivity contribution in [3.8, 4) is 0 Å². The zero-order valence-corrected chi connectivity index (χ0v) is 20.6. The number of aliphatic hydroxyl groups is 1. The Kier molecular flexibility index (Phi) is 6.90. The molecule has 1 saturated heterocycles. The summed E-state index contributed by atoms with van der Waals surface area (Å²) in [7, 11) is 2.10. The molecule has 176 valence electrons. The number of aromatic amines is 1. The molecule has 1 atom stereocenters. The monoisotopic (exact) mass is 461 g/mol. The molecule has 4 heterocycles. The SMILES string of the molecule is CCc1n[nH]c(CC)c1Cc1sc2c(c1C(=O)N1C[C@H](O)CO1)CN(C)CN2CC(C)C. The number of amides is 1. The summed E-state index contributed by atoms with van der Waals surface area (Å²) in [5.74, 6) is 0.372. The summed E-state index contributed by atoms with van der Waals surface area (Å²) in [4.78, 5) is 24.9. The molecule has 9 heteroatoms. The van der Waals surface area contributed by atoms with Crippen LogP contribution in [0.4, 0.5) is 5.00 Å². The summed E-state index contributed by atoms with van der Waals surface area (Å²) < 4.78 is 0. The van der Waals surface area contributed by atoms with Crippen molar-refractivity contribution in [3.05, 3.63) is 33.0 Å². The first-order chi connectivity index (χ1) is 15.3. The van der Waals surface area contributed by atoms with Crippen molar-refractivity contribution >= 4 is 22.2 Å². The number of hydrogen-bond acceptors (Lipinski definition) is 7. The number of aliphatic hydroxyl groups excluding tert-OH is 1. The molecule has 2 aliphatic rings. The molecule has 2 N–H and O–H groups in total. The third kappa shape index (κ3) is 4.44. The molecule has 1 amide bonds. The molecule has 0 spiro atoms. The highest BCUT2D eigenvalue weighted by atomic mass is 32.1. The molecule has 4 rings (SSSR count). The van der Waals surface area contributed by atoms with Crippen LogP contribution in [0.3, 0.4) is 0 Å². The van der Waals surface area contributed by atoms with Gasteiger partial charge in [0.25, 0.3) is 5.91 Å². The average Bonchev–Trinajstić information content (AvgIpc) is 3.44. The molecule has 0 unspecified atom stereocenters. The van der Waals surface area contributed by atoms with Crippen LogP contribution < -0.4 is 4.90 Å². The van der Waals surface area contributed by atoms with Gasteiger partial charge in [-0.15, -0.1) is 11.3 Å². The van der Waals surface area contributed by atoms with Gasteiger partial charge in [-0.3, -0.25) is 19.6 Å². The average molecular weight is 462 g/mol. The quantitative estimate of drug-likeness (QED) is 0.660. The number of rotatable bonds is 7. The Hall–Kier alpha value is -1.94. The van der Waals surface area contributed by atoms with Crippen molar-refractivity contribution in [2.75, 3.05) is 38.3 Å². The lowest BCUT2D eigenvalue weighted by atomic mass is 10.00. The molecule has 8 nitrogen and oxygen atoms in total. The Labute approximate surface area is 194 Å². The minimum atomic E-state index is -0.635. The molecular formula is C23H35N5O3S. The Morgan fingerprint density at radius 1 is 1.34 bits per heavy atom. The number of thiophene rings is 1. The van der Waals surface area contributed by atoms with E-state index in [0.29, 0.717) is 12.3 Å². The maximum absolute atomic E-state index is 13.7. The van der Waals surface area contributed by atoms with Crippen molar-refractivity contribution in [3.63, 3.8) is 0 Å². The van der Waals surface area contributed by atoms with Gasteiger partial charge in [-0.05, 0) is 25.8 Å². The van der Waals surface area contributed by atoms with Crippen LogP contribution >= 0.6 is 11.3 Å². The zero-order chi connectivity index (χ0) is 23.0. The summed E-state index contributed by atoms with van der Waals surface area (Å²) in [6.07, 6.45) is 1.77. The van der Waals surface area contributed by atoms with Crippen LogP contribution in [0.1, 0.15) is 65.4 Å². The van der Waals surface area contributed by atoms with Crippen LogP contribution in [0, 0.1) is 5.92 Å². The van der Waals surface area contributed by atoms with Crippen LogP contribution in [0.15, 0.2) is 0 Å². The van der Waals surface area contributed by atoms with Crippen LogP contribution in [0.2, 0.25) is 0 Å². The molecule has 2 aliphatic heterocycles. The Morgan fingerprint density at radius 2 is 2.12 bits per heavy atom. The van der Waals surface area contributed by atoms with Crippen molar-refractivity contribution in [2.45, 2.75) is 59.6 Å². The Bertz CT molecular complexity index is 948. The van der Waals surface area contributed by atoms with Crippen molar-refractivity contribution < 1.29 is 14.7 Å². The Morgan fingerprint density at radius 3 is 2.75 bits per heavy atom. The van der Waals surface area contributed by atoms with Gasteiger partial charge in [0.15, 0.2) is 0 Å². The third-order valence-electron chi connectivity index (χ3n) is 6.08. The van der Waals surface area contributed by atoms with E-state index in [-0.39, 0.29) is 19.1 Å². The van der Waals surface area contributed by atoms with Gasteiger partial charge in [0.2, 0.25) is 0 Å². The molecule has 2 aromatic rings. The van der Waals surface area contributed by atoms with Crippen LogP contribution in [0.5, 0.6) is 0 Å². The van der Waals surface area contributed by atoms with E-state index in [2.05, 4.69) is 54.7 Å². The minimum absolute atomic E-state index is 0.145. The minimum Gasteiger partial charge on any atom is -0.389 e. The molecule has 0 aromatic carbocycles. The fraction of sp³-hybridized carbons (Fsp3) is 0.652.